The molecule has 6 heteroatoms. The van der Waals surface area contributed by atoms with Crippen LogP contribution in [0.4, 0.5) is 0 Å². The molecule has 0 radical (unpaired) electrons. The van der Waals surface area contributed by atoms with E-state index < -0.39 is 0 Å². The molecular weight excluding hydrogens is 292 g/mol. The van der Waals surface area contributed by atoms with Crippen LogP contribution >= 0.6 is 0 Å². The van der Waals surface area contributed by atoms with E-state index in [9.17, 15) is 4.79 Å². The highest BCUT2D eigenvalue weighted by molar-refractivity contribution is 6.06. The summed E-state index contributed by atoms with van der Waals surface area (Å²) in [6, 6.07) is 11.1. The maximum Gasteiger partial charge on any atom is 0.252 e. The van der Waals surface area contributed by atoms with E-state index in [2.05, 4.69) is 15.4 Å². The third-order valence-electron chi connectivity index (χ3n) is 3.68. The molecule has 3 rings (SSSR count). The number of amides is 1. The summed E-state index contributed by atoms with van der Waals surface area (Å²) in [5, 5.41) is 8.00. The predicted octanol–water partition coefficient (Wildman–Crippen LogP) is 2.22. The molecule has 1 N–H and O–H groups in total. The Morgan fingerprint density at radius 2 is 2.09 bits per heavy atom. The average molecular weight is 310 g/mol. The molecule has 0 fully saturated rings. The quantitative estimate of drug-likeness (QED) is 0.802. The van der Waals surface area contributed by atoms with Gasteiger partial charge in [0, 0.05) is 18.5 Å². The fourth-order valence-corrected chi connectivity index (χ4v) is 2.54. The Balaban J connectivity index is 1.89. The van der Waals surface area contributed by atoms with Crippen LogP contribution in [0, 0.1) is 6.92 Å². The maximum atomic E-state index is 12.6. The van der Waals surface area contributed by atoms with Crippen LogP contribution in [-0.2, 0) is 13.6 Å². The Labute approximate surface area is 134 Å². The van der Waals surface area contributed by atoms with Crippen LogP contribution in [0.1, 0.15) is 21.7 Å². The van der Waals surface area contributed by atoms with E-state index in [-0.39, 0.29) is 5.91 Å². The topological polar surface area (TPSA) is 69.0 Å². The van der Waals surface area contributed by atoms with Crippen molar-refractivity contribution in [3.8, 4) is 5.88 Å². The second-order valence-corrected chi connectivity index (χ2v) is 5.31. The van der Waals surface area contributed by atoms with Gasteiger partial charge in [0.05, 0.1) is 36.1 Å². The van der Waals surface area contributed by atoms with Gasteiger partial charge in [-0.2, -0.15) is 5.10 Å². The van der Waals surface area contributed by atoms with E-state index in [1.54, 1.807) is 10.7 Å². The molecule has 0 atom stereocenters. The molecular formula is C17H18N4O2. The summed E-state index contributed by atoms with van der Waals surface area (Å²) in [5.74, 6) is 0.256. The summed E-state index contributed by atoms with van der Waals surface area (Å²) >= 11 is 0. The Morgan fingerprint density at radius 3 is 2.78 bits per heavy atom. The van der Waals surface area contributed by atoms with Gasteiger partial charge in [0.1, 0.15) is 0 Å². The van der Waals surface area contributed by atoms with Crippen LogP contribution in [0.5, 0.6) is 5.88 Å². The minimum absolute atomic E-state index is 0.166. The van der Waals surface area contributed by atoms with Crippen LogP contribution in [0.25, 0.3) is 10.9 Å². The van der Waals surface area contributed by atoms with Gasteiger partial charge in [-0.3, -0.25) is 9.48 Å². The molecule has 0 unspecified atom stereocenters. The molecule has 6 nitrogen and oxygen atoms in total. The number of benzene rings is 1. The normalized spacial score (nSPS) is 10.7. The molecule has 2 aromatic heterocycles. The smallest absolute Gasteiger partial charge is 0.252 e. The molecule has 0 spiro atoms. The summed E-state index contributed by atoms with van der Waals surface area (Å²) < 4.78 is 6.96. The molecule has 2 heterocycles. The predicted molar refractivity (Wildman–Crippen MR) is 87.4 cm³/mol. The van der Waals surface area contributed by atoms with Crippen molar-refractivity contribution in [3.05, 3.63) is 53.3 Å². The van der Waals surface area contributed by atoms with E-state index in [1.807, 2.05) is 44.3 Å². The van der Waals surface area contributed by atoms with Gasteiger partial charge in [-0.15, -0.1) is 0 Å². The number of para-hydroxylation sites is 1. The molecule has 0 saturated carbocycles. The van der Waals surface area contributed by atoms with Crippen molar-refractivity contribution in [1.82, 2.24) is 20.1 Å². The number of hydrogen-bond acceptors (Lipinski definition) is 4. The first-order valence-electron chi connectivity index (χ1n) is 7.30. The number of methoxy groups -OCH3 is 1. The number of ether oxygens (including phenoxy) is 1. The number of carbonyl (C=O) groups excluding carboxylic acids is 1. The summed E-state index contributed by atoms with van der Waals surface area (Å²) in [5.41, 5.74) is 3.15. The van der Waals surface area contributed by atoms with Gasteiger partial charge >= 0.3 is 0 Å². The van der Waals surface area contributed by atoms with Gasteiger partial charge in [0.15, 0.2) is 0 Å². The molecule has 0 bridgehead atoms. The van der Waals surface area contributed by atoms with Crippen LogP contribution in [-0.4, -0.2) is 27.8 Å². The SMILES string of the molecule is COc1cc(C(=O)NCc2cc(C)nn2C)c2ccccc2n1. The van der Waals surface area contributed by atoms with Crippen LogP contribution in [0.15, 0.2) is 36.4 Å². The number of carbonyl (C=O) groups is 1. The Bertz CT molecular complexity index is 870. The second kappa shape index (κ2) is 6.08. The van der Waals surface area contributed by atoms with Crippen molar-refractivity contribution in [3.63, 3.8) is 0 Å². The monoisotopic (exact) mass is 310 g/mol. The van der Waals surface area contributed by atoms with Crippen molar-refractivity contribution >= 4 is 16.8 Å². The summed E-state index contributed by atoms with van der Waals surface area (Å²) in [4.78, 5) is 17.0. The van der Waals surface area contributed by atoms with Crippen LogP contribution in [0.3, 0.4) is 0 Å². The first-order chi connectivity index (χ1) is 11.1. The number of nitrogens with zero attached hydrogens (tertiary/aromatic N) is 3. The van der Waals surface area contributed by atoms with Crippen LogP contribution in [0.2, 0.25) is 0 Å². The minimum atomic E-state index is -0.166. The van der Waals surface area contributed by atoms with E-state index in [0.717, 1.165) is 22.3 Å². The summed E-state index contributed by atoms with van der Waals surface area (Å²) in [7, 11) is 3.40. The van der Waals surface area contributed by atoms with Crippen molar-refractivity contribution in [2.45, 2.75) is 13.5 Å². The molecule has 1 amide bonds. The van der Waals surface area contributed by atoms with Crippen molar-refractivity contribution in [2.24, 2.45) is 7.05 Å². The van der Waals surface area contributed by atoms with Gasteiger partial charge in [0.2, 0.25) is 5.88 Å². The number of aryl methyl sites for hydroxylation is 2. The number of hydrogen-bond donors (Lipinski definition) is 1. The Morgan fingerprint density at radius 1 is 1.30 bits per heavy atom. The third kappa shape index (κ3) is 3.01. The molecule has 23 heavy (non-hydrogen) atoms. The number of nitrogens with one attached hydrogen (secondary N) is 1. The zero-order valence-corrected chi connectivity index (χ0v) is 13.3. The fraction of sp³-hybridized carbons (Fsp3) is 0.235. The first kappa shape index (κ1) is 15.0. The van der Waals surface area contributed by atoms with E-state index in [4.69, 9.17) is 4.74 Å². The lowest BCUT2D eigenvalue weighted by Gasteiger charge is -2.10. The van der Waals surface area contributed by atoms with Crippen molar-refractivity contribution < 1.29 is 9.53 Å². The maximum absolute atomic E-state index is 12.6. The highest BCUT2D eigenvalue weighted by Crippen LogP contribution is 2.21. The summed E-state index contributed by atoms with van der Waals surface area (Å²) in [6.07, 6.45) is 0. The number of aromatic nitrogens is 3. The standard InChI is InChI=1S/C17H18N4O2/c1-11-8-12(21(2)20-11)10-18-17(22)14-9-16(23-3)19-15-7-5-4-6-13(14)15/h4-9H,10H2,1-3H3,(H,18,22). The lowest BCUT2D eigenvalue weighted by molar-refractivity contribution is 0.0951. The Kier molecular flexibility index (Phi) is 3.97. The van der Waals surface area contributed by atoms with Gasteiger partial charge in [-0.05, 0) is 19.1 Å². The number of pyridine rings is 1. The zero-order chi connectivity index (χ0) is 16.4. The molecule has 3 aromatic rings. The van der Waals surface area contributed by atoms with Crippen molar-refractivity contribution in [1.29, 1.82) is 0 Å². The molecule has 1 aromatic carbocycles. The number of fused-ring (bicyclic) bond motifs is 1. The fourth-order valence-electron chi connectivity index (χ4n) is 2.54. The lowest BCUT2D eigenvalue weighted by atomic mass is 10.1. The van der Waals surface area contributed by atoms with Crippen LogP contribution < -0.4 is 10.1 Å². The summed E-state index contributed by atoms with van der Waals surface area (Å²) in [6.45, 7) is 2.34. The van der Waals surface area contributed by atoms with E-state index in [0.29, 0.717) is 18.0 Å². The van der Waals surface area contributed by atoms with Gasteiger partial charge in [-0.1, -0.05) is 18.2 Å². The molecule has 118 valence electrons. The molecule has 0 aliphatic carbocycles. The molecule has 0 aliphatic rings. The van der Waals surface area contributed by atoms with Gasteiger partial charge < -0.3 is 10.1 Å². The van der Waals surface area contributed by atoms with Crippen molar-refractivity contribution in [2.75, 3.05) is 7.11 Å². The Hall–Kier alpha value is -2.89. The highest BCUT2D eigenvalue weighted by atomic mass is 16.5. The second-order valence-electron chi connectivity index (χ2n) is 5.31. The lowest BCUT2D eigenvalue weighted by Crippen LogP contribution is -2.24. The largest absolute Gasteiger partial charge is 0.481 e. The van der Waals surface area contributed by atoms with E-state index in [1.165, 1.54) is 7.11 Å². The van der Waals surface area contributed by atoms with E-state index >= 15 is 0 Å². The van der Waals surface area contributed by atoms with Gasteiger partial charge in [-0.25, -0.2) is 4.98 Å². The zero-order valence-electron chi connectivity index (χ0n) is 13.3. The molecule has 0 aliphatic heterocycles. The highest BCUT2D eigenvalue weighted by Gasteiger charge is 2.14. The average Bonchev–Trinajstić information content (AvgIpc) is 2.89. The minimum Gasteiger partial charge on any atom is -0.481 e. The van der Waals surface area contributed by atoms with Gasteiger partial charge in [0.25, 0.3) is 5.91 Å². The number of rotatable bonds is 4. The molecule has 0 saturated heterocycles. The third-order valence-corrected chi connectivity index (χ3v) is 3.68. The first-order valence-corrected chi connectivity index (χ1v) is 7.30.